The van der Waals surface area contributed by atoms with Crippen LogP contribution in [0.25, 0.3) is 0 Å². The molecule has 0 bridgehead atoms. The van der Waals surface area contributed by atoms with Gasteiger partial charge >= 0.3 is 0 Å². The van der Waals surface area contributed by atoms with Crippen molar-refractivity contribution in [1.29, 1.82) is 0 Å². The highest BCUT2D eigenvalue weighted by Crippen LogP contribution is 2.26. The molecule has 0 saturated heterocycles. The average molecular weight is 451 g/mol. The Morgan fingerprint density at radius 2 is 1.81 bits per heavy atom. The molecule has 0 saturated carbocycles. The van der Waals surface area contributed by atoms with Crippen LogP contribution in [-0.2, 0) is 7.05 Å². The third-order valence-corrected chi connectivity index (χ3v) is 5.82. The zero-order chi connectivity index (χ0) is 22.8. The predicted octanol–water partition coefficient (Wildman–Crippen LogP) is 3.99. The number of unbranched alkanes of at least 4 members (excludes halogenated alkanes) is 1. The quantitative estimate of drug-likeness (QED) is 0.551. The lowest BCUT2D eigenvalue weighted by Crippen LogP contribution is -2.31. The van der Waals surface area contributed by atoms with Crippen LogP contribution in [0.2, 0.25) is 5.02 Å². The van der Waals surface area contributed by atoms with Gasteiger partial charge in [0.25, 0.3) is 17.7 Å². The summed E-state index contributed by atoms with van der Waals surface area (Å²) in [6, 6.07) is 11.3. The van der Waals surface area contributed by atoms with Crippen LogP contribution in [-0.4, -0.2) is 38.7 Å². The highest BCUT2D eigenvalue weighted by molar-refractivity contribution is 6.30. The van der Waals surface area contributed by atoms with Crippen LogP contribution in [0.5, 0.6) is 0 Å². The number of nitrogens with zero attached hydrogens (tertiary/aromatic N) is 3. The minimum Gasteiger partial charge on any atom is -0.338 e. The van der Waals surface area contributed by atoms with Gasteiger partial charge in [0.1, 0.15) is 11.9 Å². The number of aryl methyl sites for hydroxylation is 1. The fourth-order valence-corrected chi connectivity index (χ4v) is 3.90. The Kier molecular flexibility index (Phi) is 6.10. The van der Waals surface area contributed by atoms with Crippen LogP contribution < -0.4 is 5.32 Å². The van der Waals surface area contributed by atoms with Crippen LogP contribution in [0.15, 0.2) is 54.9 Å². The highest BCUT2D eigenvalue weighted by Gasteiger charge is 2.35. The fraction of sp³-hybridized carbons (Fsp3) is 0.250. The monoisotopic (exact) mass is 450 g/mol. The minimum atomic E-state index is -0.522. The predicted molar refractivity (Wildman–Crippen MR) is 121 cm³/mol. The molecule has 1 atom stereocenters. The molecular formula is C24H23ClN4O3. The van der Waals surface area contributed by atoms with Crippen molar-refractivity contribution in [3.8, 4) is 0 Å². The van der Waals surface area contributed by atoms with Crippen molar-refractivity contribution >= 4 is 29.3 Å². The van der Waals surface area contributed by atoms with Crippen molar-refractivity contribution in [1.82, 2.24) is 19.8 Å². The van der Waals surface area contributed by atoms with Gasteiger partial charge in [-0.05, 0) is 42.3 Å². The summed E-state index contributed by atoms with van der Waals surface area (Å²) in [7, 11) is 1.85. The largest absolute Gasteiger partial charge is 0.338 e. The number of imide groups is 1. The molecular weight excluding hydrogens is 428 g/mol. The van der Waals surface area contributed by atoms with E-state index in [9.17, 15) is 14.4 Å². The van der Waals surface area contributed by atoms with Crippen LogP contribution in [0.4, 0.5) is 0 Å². The van der Waals surface area contributed by atoms with E-state index in [0.717, 1.165) is 18.4 Å². The zero-order valence-corrected chi connectivity index (χ0v) is 18.6. The third kappa shape index (κ3) is 4.03. The molecule has 164 valence electrons. The molecule has 0 unspecified atom stereocenters. The van der Waals surface area contributed by atoms with E-state index in [2.05, 4.69) is 10.3 Å². The van der Waals surface area contributed by atoms with E-state index >= 15 is 0 Å². The third-order valence-electron chi connectivity index (χ3n) is 5.56. The number of hydrogen-bond donors (Lipinski definition) is 1. The van der Waals surface area contributed by atoms with Gasteiger partial charge in [0, 0.05) is 36.6 Å². The number of aromatic nitrogens is 2. The van der Waals surface area contributed by atoms with Gasteiger partial charge in [0.2, 0.25) is 0 Å². The molecule has 0 fully saturated rings. The van der Waals surface area contributed by atoms with Crippen molar-refractivity contribution in [2.45, 2.75) is 25.8 Å². The summed E-state index contributed by atoms with van der Waals surface area (Å²) in [6.45, 7) is 2.38. The molecule has 7 nitrogen and oxygen atoms in total. The van der Waals surface area contributed by atoms with Gasteiger partial charge in [-0.25, -0.2) is 4.98 Å². The summed E-state index contributed by atoms with van der Waals surface area (Å²) < 4.78 is 1.83. The van der Waals surface area contributed by atoms with Crippen LogP contribution in [0.1, 0.15) is 68.3 Å². The number of hydrogen-bond acceptors (Lipinski definition) is 4. The van der Waals surface area contributed by atoms with Gasteiger partial charge in [-0.15, -0.1) is 0 Å². The second kappa shape index (κ2) is 8.96. The molecule has 0 aliphatic carbocycles. The molecule has 4 rings (SSSR count). The lowest BCUT2D eigenvalue weighted by molar-refractivity contribution is 0.0652. The first-order valence-corrected chi connectivity index (χ1v) is 10.8. The van der Waals surface area contributed by atoms with Crippen LogP contribution in [0.3, 0.4) is 0 Å². The molecule has 1 aromatic heterocycles. The number of benzene rings is 2. The summed E-state index contributed by atoms with van der Waals surface area (Å²) in [5.74, 6) is -0.384. The molecule has 32 heavy (non-hydrogen) atoms. The van der Waals surface area contributed by atoms with Gasteiger partial charge in [0.05, 0.1) is 11.1 Å². The van der Waals surface area contributed by atoms with Crippen molar-refractivity contribution in [3.63, 3.8) is 0 Å². The second-order valence-electron chi connectivity index (χ2n) is 7.73. The van der Waals surface area contributed by atoms with E-state index in [1.165, 1.54) is 11.0 Å². The molecule has 1 aliphatic rings. The van der Waals surface area contributed by atoms with Gasteiger partial charge < -0.3 is 9.88 Å². The first-order chi connectivity index (χ1) is 15.4. The Morgan fingerprint density at radius 1 is 1.09 bits per heavy atom. The molecule has 3 aromatic rings. The molecule has 2 heterocycles. The van der Waals surface area contributed by atoms with E-state index in [1.807, 2.05) is 30.7 Å². The maximum atomic E-state index is 13.2. The second-order valence-corrected chi connectivity index (χ2v) is 8.17. The van der Waals surface area contributed by atoms with Gasteiger partial charge in [-0.3, -0.25) is 19.3 Å². The van der Waals surface area contributed by atoms with Crippen molar-refractivity contribution in [3.05, 3.63) is 88.0 Å². The lowest BCUT2D eigenvalue weighted by atomic mass is 10.0. The highest BCUT2D eigenvalue weighted by atomic mass is 35.5. The maximum Gasteiger partial charge on any atom is 0.261 e. The number of halogens is 1. The first kappa shape index (κ1) is 21.8. The Morgan fingerprint density at radius 3 is 2.47 bits per heavy atom. The Bertz CT molecular complexity index is 1190. The van der Waals surface area contributed by atoms with E-state index in [0.29, 0.717) is 28.5 Å². The first-order valence-electron chi connectivity index (χ1n) is 10.4. The number of carbonyl (C=O) groups excluding carboxylic acids is 3. The van der Waals surface area contributed by atoms with E-state index in [-0.39, 0.29) is 23.3 Å². The lowest BCUT2D eigenvalue weighted by Gasteiger charge is -2.19. The van der Waals surface area contributed by atoms with E-state index < -0.39 is 6.04 Å². The zero-order valence-electron chi connectivity index (χ0n) is 17.8. The fourth-order valence-electron chi connectivity index (χ4n) is 3.77. The van der Waals surface area contributed by atoms with Gasteiger partial charge in [0.15, 0.2) is 0 Å². The molecule has 3 amide bonds. The van der Waals surface area contributed by atoms with Crippen LogP contribution in [0, 0.1) is 0 Å². The molecule has 8 heteroatoms. The van der Waals surface area contributed by atoms with E-state index in [4.69, 9.17) is 11.6 Å². The summed E-state index contributed by atoms with van der Waals surface area (Å²) in [6.07, 6.45) is 5.08. The molecule has 1 N–H and O–H groups in total. The van der Waals surface area contributed by atoms with Crippen molar-refractivity contribution in [2.75, 3.05) is 6.54 Å². The van der Waals surface area contributed by atoms with Crippen molar-refractivity contribution in [2.24, 2.45) is 7.05 Å². The topological polar surface area (TPSA) is 84.3 Å². The number of nitrogens with one attached hydrogen (secondary N) is 1. The SMILES string of the molecule is CCCCN1C(=O)c2ccc(C(=O)N[C@H](c3ccc(Cl)cc3)c3nccn3C)cc2C1=O. The molecule has 0 spiro atoms. The van der Waals surface area contributed by atoms with Crippen LogP contribution >= 0.6 is 11.6 Å². The number of amides is 3. The summed E-state index contributed by atoms with van der Waals surface area (Å²) in [5, 5.41) is 3.59. The summed E-state index contributed by atoms with van der Waals surface area (Å²) >= 11 is 6.03. The molecule has 2 aromatic carbocycles. The summed E-state index contributed by atoms with van der Waals surface area (Å²) in [5.41, 5.74) is 1.71. The minimum absolute atomic E-state index is 0.263. The number of imidazole rings is 1. The molecule has 0 radical (unpaired) electrons. The van der Waals surface area contributed by atoms with E-state index in [1.54, 1.807) is 36.7 Å². The Hall–Kier alpha value is -3.45. The number of fused-ring (bicyclic) bond motifs is 1. The number of carbonyl (C=O) groups is 3. The summed E-state index contributed by atoms with van der Waals surface area (Å²) in [4.78, 5) is 44.1. The maximum absolute atomic E-state index is 13.2. The Labute approximate surface area is 191 Å². The molecule has 1 aliphatic heterocycles. The Balaban J connectivity index is 1.62. The van der Waals surface area contributed by atoms with Gasteiger partial charge in [-0.1, -0.05) is 37.1 Å². The van der Waals surface area contributed by atoms with Gasteiger partial charge in [-0.2, -0.15) is 0 Å². The normalized spacial score (nSPS) is 13.9. The smallest absolute Gasteiger partial charge is 0.261 e. The standard InChI is InChI=1S/C24H23ClN4O3/c1-3-4-12-29-23(31)18-10-7-16(14-19(18)24(29)32)22(30)27-20(21-26-11-13-28(21)2)15-5-8-17(25)9-6-15/h5-11,13-14,20H,3-4,12H2,1-2H3,(H,27,30)/t20-/m1/s1. The number of rotatable bonds is 7. The average Bonchev–Trinajstić information content (AvgIpc) is 3.32. The van der Waals surface area contributed by atoms with Crippen molar-refractivity contribution < 1.29 is 14.4 Å².